The van der Waals surface area contributed by atoms with Crippen molar-refractivity contribution in [2.45, 2.75) is 20.3 Å². The first-order valence-corrected chi connectivity index (χ1v) is 4.77. The molecule has 0 amide bonds. The van der Waals surface area contributed by atoms with E-state index in [1.54, 1.807) is 0 Å². The summed E-state index contributed by atoms with van der Waals surface area (Å²) in [4.78, 5) is 2.25. The molecule has 0 fully saturated rings. The molecule has 0 bridgehead atoms. The Morgan fingerprint density at radius 1 is 1.46 bits per heavy atom. The first-order valence-electron chi connectivity index (χ1n) is 4.77. The van der Waals surface area contributed by atoms with Crippen molar-refractivity contribution in [3.63, 3.8) is 0 Å². The minimum absolute atomic E-state index is 0.147. The molecule has 1 N–H and O–H groups in total. The van der Waals surface area contributed by atoms with Gasteiger partial charge < -0.3 is 10.0 Å². The molecule has 0 saturated heterocycles. The summed E-state index contributed by atoms with van der Waals surface area (Å²) in [6.45, 7) is 6.24. The van der Waals surface area contributed by atoms with Crippen LogP contribution in [0.5, 0.6) is 0 Å². The molecule has 0 saturated carbocycles. The first kappa shape index (κ1) is 12.4. The second-order valence-corrected chi connectivity index (χ2v) is 3.33. The smallest absolute Gasteiger partial charge is 0.0615 e. The molecular formula is C11H21NO. The van der Waals surface area contributed by atoms with Gasteiger partial charge in [0.2, 0.25) is 0 Å². The summed E-state index contributed by atoms with van der Waals surface area (Å²) in [7, 11) is 2.10. The molecule has 0 aliphatic rings. The van der Waals surface area contributed by atoms with Gasteiger partial charge in [0.15, 0.2) is 0 Å². The molecule has 0 unspecified atom stereocenters. The minimum atomic E-state index is 0.147. The monoisotopic (exact) mass is 183 g/mol. The summed E-state index contributed by atoms with van der Waals surface area (Å²) in [5.74, 6) is 0. The van der Waals surface area contributed by atoms with E-state index in [9.17, 15) is 0 Å². The molecule has 0 aliphatic carbocycles. The molecule has 0 heterocycles. The molecule has 0 atom stereocenters. The zero-order valence-corrected chi connectivity index (χ0v) is 8.95. The Balaban J connectivity index is 3.61. The number of rotatable bonds is 6. The van der Waals surface area contributed by atoms with Gasteiger partial charge in [-0.3, -0.25) is 0 Å². The molecule has 0 aliphatic heterocycles. The largest absolute Gasteiger partial charge is 0.392 e. The fourth-order valence-electron chi connectivity index (χ4n) is 1.19. The highest BCUT2D eigenvalue weighted by atomic mass is 16.2. The number of aliphatic hydroxyl groups is 1. The van der Waals surface area contributed by atoms with E-state index in [0.717, 1.165) is 19.5 Å². The lowest BCUT2D eigenvalue weighted by Crippen LogP contribution is -2.21. The summed E-state index contributed by atoms with van der Waals surface area (Å²) < 4.78 is 0. The molecule has 76 valence electrons. The second kappa shape index (κ2) is 8.02. The van der Waals surface area contributed by atoms with Crippen LogP contribution in [0.2, 0.25) is 0 Å². The highest BCUT2D eigenvalue weighted by Crippen LogP contribution is 1.97. The van der Waals surface area contributed by atoms with Gasteiger partial charge >= 0.3 is 0 Å². The van der Waals surface area contributed by atoms with Gasteiger partial charge in [0.05, 0.1) is 6.61 Å². The normalized spacial score (nSPS) is 13.2. The molecule has 0 rings (SSSR count). The summed E-state index contributed by atoms with van der Waals surface area (Å²) in [6, 6.07) is 0. The lowest BCUT2D eigenvalue weighted by molar-refractivity contribution is 0.336. The van der Waals surface area contributed by atoms with E-state index >= 15 is 0 Å². The summed E-state index contributed by atoms with van der Waals surface area (Å²) in [5, 5.41) is 8.66. The Morgan fingerprint density at radius 2 is 2.15 bits per heavy atom. The molecule has 0 aromatic heterocycles. The van der Waals surface area contributed by atoms with E-state index in [-0.39, 0.29) is 6.61 Å². The maximum atomic E-state index is 8.66. The quantitative estimate of drug-likeness (QED) is 0.635. The minimum Gasteiger partial charge on any atom is -0.392 e. The van der Waals surface area contributed by atoms with Crippen LogP contribution in [0.15, 0.2) is 23.8 Å². The van der Waals surface area contributed by atoms with Crippen molar-refractivity contribution in [1.82, 2.24) is 4.90 Å². The Kier molecular flexibility index (Phi) is 7.65. The van der Waals surface area contributed by atoms with Gasteiger partial charge in [-0.2, -0.15) is 0 Å². The number of nitrogens with zero attached hydrogens (tertiary/aromatic N) is 1. The summed E-state index contributed by atoms with van der Waals surface area (Å²) in [5.41, 5.74) is 1.23. The Hall–Kier alpha value is -0.600. The van der Waals surface area contributed by atoms with E-state index < -0.39 is 0 Å². The fourth-order valence-corrected chi connectivity index (χ4v) is 1.19. The molecule has 2 heteroatoms. The maximum absolute atomic E-state index is 8.66. The average Bonchev–Trinajstić information content (AvgIpc) is 2.05. The third-order valence-electron chi connectivity index (χ3n) is 1.87. The van der Waals surface area contributed by atoms with Crippen LogP contribution < -0.4 is 0 Å². The van der Waals surface area contributed by atoms with Crippen molar-refractivity contribution >= 4 is 0 Å². The zero-order valence-electron chi connectivity index (χ0n) is 8.95. The van der Waals surface area contributed by atoms with E-state index in [2.05, 4.69) is 24.1 Å². The van der Waals surface area contributed by atoms with Gasteiger partial charge in [-0.05, 0) is 27.3 Å². The third-order valence-corrected chi connectivity index (χ3v) is 1.87. The van der Waals surface area contributed by atoms with Gasteiger partial charge in [-0.1, -0.05) is 23.8 Å². The van der Waals surface area contributed by atoms with E-state index in [4.69, 9.17) is 5.11 Å². The summed E-state index contributed by atoms with van der Waals surface area (Å²) in [6.07, 6.45) is 7.19. The van der Waals surface area contributed by atoms with Crippen molar-refractivity contribution in [2.75, 3.05) is 26.7 Å². The number of likely N-dealkylation sites (N-methyl/N-ethyl adjacent to an activating group) is 1. The van der Waals surface area contributed by atoms with Gasteiger partial charge in [0, 0.05) is 13.1 Å². The highest BCUT2D eigenvalue weighted by Gasteiger charge is 1.96. The van der Waals surface area contributed by atoms with Crippen LogP contribution in [0.1, 0.15) is 20.3 Å². The van der Waals surface area contributed by atoms with Crippen molar-refractivity contribution in [3.8, 4) is 0 Å². The SMILES string of the molecule is C/C=C/CCN(C)C/C(C)=C/CO. The Labute approximate surface area is 81.6 Å². The molecule has 0 radical (unpaired) electrons. The number of aliphatic hydroxyl groups excluding tert-OH is 1. The second-order valence-electron chi connectivity index (χ2n) is 3.33. The number of allylic oxidation sites excluding steroid dienone is 1. The van der Waals surface area contributed by atoms with Crippen LogP contribution in [0.3, 0.4) is 0 Å². The lowest BCUT2D eigenvalue weighted by atomic mass is 10.2. The van der Waals surface area contributed by atoms with Crippen molar-refractivity contribution in [1.29, 1.82) is 0 Å². The lowest BCUT2D eigenvalue weighted by Gasteiger charge is -2.15. The van der Waals surface area contributed by atoms with Crippen molar-refractivity contribution in [3.05, 3.63) is 23.8 Å². The topological polar surface area (TPSA) is 23.5 Å². The van der Waals surface area contributed by atoms with Crippen LogP contribution in [0.25, 0.3) is 0 Å². The van der Waals surface area contributed by atoms with Crippen LogP contribution in [0, 0.1) is 0 Å². The zero-order chi connectivity index (χ0) is 10.1. The van der Waals surface area contributed by atoms with Gasteiger partial charge in [0.1, 0.15) is 0 Å². The number of hydrogen-bond donors (Lipinski definition) is 1. The van der Waals surface area contributed by atoms with Crippen molar-refractivity contribution in [2.24, 2.45) is 0 Å². The molecule has 2 nitrogen and oxygen atoms in total. The molecule has 0 aromatic carbocycles. The Morgan fingerprint density at radius 3 is 2.69 bits per heavy atom. The summed E-state index contributed by atoms with van der Waals surface area (Å²) >= 11 is 0. The van der Waals surface area contributed by atoms with Gasteiger partial charge in [-0.25, -0.2) is 0 Å². The average molecular weight is 183 g/mol. The van der Waals surface area contributed by atoms with Crippen LogP contribution in [0.4, 0.5) is 0 Å². The highest BCUT2D eigenvalue weighted by molar-refractivity contribution is 5.00. The van der Waals surface area contributed by atoms with E-state index in [1.807, 2.05) is 19.9 Å². The molecule has 13 heavy (non-hydrogen) atoms. The third kappa shape index (κ3) is 7.75. The predicted molar refractivity (Wildman–Crippen MR) is 57.8 cm³/mol. The maximum Gasteiger partial charge on any atom is 0.0615 e. The van der Waals surface area contributed by atoms with Crippen LogP contribution in [-0.4, -0.2) is 36.8 Å². The van der Waals surface area contributed by atoms with E-state index in [1.165, 1.54) is 5.57 Å². The molecule has 0 spiro atoms. The molecule has 0 aromatic rings. The van der Waals surface area contributed by atoms with Crippen LogP contribution >= 0.6 is 0 Å². The van der Waals surface area contributed by atoms with Gasteiger partial charge in [-0.15, -0.1) is 0 Å². The van der Waals surface area contributed by atoms with Crippen LogP contribution in [-0.2, 0) is 0 Å². The number of hydrogen-bond acceptors (Lipinski definition) is 2. The van der Waals surface area contributed by atoms with Crippen molar-refractivity contribution < 1.29 is 5.11 Å². The Bertz CT molecular complexity index is 173. The van der Waals surface area contributed by atoms with Gasteiger partial charge in [0.25, 0.3) is 0 Å². The standard InChI is InChI=1S/C11H21NO/c1-4-5-6-8-12(3)10-11(2)7-9-13/h4-5,7,13H,6,8-10H2,1-3H3/b5-4+,11-7+. The molecular weight excluding hydrogens is 162 g/mol. The predicted octanol–water partition coefficient (Wildman–Crippen LogP) is 1.82. The fraction of sp³-hybridized carbons (Fsp3) is 0.636. The van der Waals surface area contributed by atoms with E-state index in [0.29, 0.717) is 0 Å². The first-order chi connectivity index (χ1) is 6.20.